The molecule has 2 aliphatic rings. The van der Waals surface area contributed by atoms with Gasteiger partial charge in [-0.1, -0.05) is 27.7 Å². The van der Waals surface area contributed by atoms with E-state index in [9.17, 15) is 23.1 Å². The molecule has 2 aromatic heterocycles. The van der Waals surface area contributed by atoms with E-state index in [1.807, 2.05) is 26.8 Å². The van der Waals surface area contributed by atoms with Crippen molar-refractivity contribution in [3.8, 4) is 0 Å². The first-order chi connectivity index (χ1) is 17.3. The van der Waals surface area contributed by atoms with Crippen molar-refractivity contribution in [2.75, 3.05) is 18.0 Å². The highest BCUT2D eigenvalue weighted by molar-refractivity contribution is 7.89. The van der Waals surface area contributed by atoms with Gasteiger partial charge < -0.3 is 10.0 Å². The van der Waals surface area contributed by atoms with Crippen molar-refractivity contribution in [1.82, 2.24) is 14.1 Å². The molecule has 1 aliphatic carbocycles. The highest BCUT2D eigenvalue weighted by Gasteiger charge is 2.40. The molecular weight excluding hydrogens is 512 g/mol. The Bertz CT molecular complexity index is 1240. The first-order valence-corrected chi connectivity index (χ1v) is 15.2. The maximum atomic E-state index is 14.0. The minimum atomic E-state index is -3.71. The van der Waals surface area contributed by atoms with Gasteiger partial charge in [0.15, 0.2) is 5.03 Å². The summed E-state index contributed by atoms with van der Waals surface area (Å²) in [6.45, 7) is 8.80. The van der Waals surface area contributed by atoms with Crippen LogP contribution in [0.4, 0.5) is 5.69 Å². The molecule has 37 heavy (non-hydrogen) atoms. The zero-order valence-electron chi connectivity index (χ0n) is 22.3. The normalized spacial score (nSPS) is 22.2. The maximum absolute atomic E-state index is 14.0. The van der Waals surface area contributed by atoms with E-state index in [4.69, 9.17) is 0 Å². The Morgan fingerprint density at radius 1 is 1.11 bits per heavy atom. The maximum Gasteiger partial charge on any atom is 0.348 e. The van der Waals surface area contributed by atoms with Crippen LogP contribution in [0, 0.1) is 11.8 Å². The molecule has 3 heterocycles. The SMILES string of the molecule is Cn1nccc1S(=O)(=O)N1CCC(N(c2cc(C(C)(C)C)sc2C(=O)O)C(=O)[C@H]2CC[C@H](C)CC2)CC1. The van der Waals surface area contributed by atoms with Gasteiger partial charge in [-0.15, -0.1) is 11.3 Å². The number of carboxylic acid groups (broad SMARTS) is 1. The van der Waals surface area contributed by atoms with Crippen LogP contribution in [-0.4, -0.2) is 58.6 Å². The zero-order chi connectivity index (χ0) is 27.1. The molecule has 2 fully saturated rings. The molecule has 1 aliphatic heterocycles. The molecule has 0 aromatic carbocycles. The molecule has 4 rings (SSSR count). The van der Waals surface area contributed by atoms with Crippen LogP contribution < -0.4 is 4.90 Å². The van der Waals surface area contributed by atoms with Crippen LogP contribution in [0.15, 0.2) is 23.4 Å². The van der Waals surface area contributed by atoms with E-state index in [-0.39, 0.29) is 46.3 Å². The fourth-order valence-corrected chi connectivity index (χ4v) is 7.99. The molecule has 11 heteroatoms. The quantitative estimate of drug-likeness (QED) is 0.567. The number of aryl methyl sites for hydroxylation is 1. The summed E-state index contributed by atoms with van der Waals surface area (Å²) in [6.07, 6.45) is 5.88. The van der Waals surface area contributed by atoms with Crippen LogP contribution in [0.3, 0.4) is 0 Å². The number of hydrogen-bond donors (Lipinski definition) is 1. The lowest BCUT2D eigenvalue weighted by molar-refractivity contribution is -0.124. The minimum absolute atomic E-state index is 0.0272. The fourth-order valence-electron chi connectivity index (χ4n) is 5.37. The molecule has 0 bridgehead atoms. The highest BCUT2D eigenvalue weighted by Crippen LogP contribution is 2.41. The lowest BCUT2D eigenvalue weighted by Crippen LogP contribution is -2.51. The molecule has 0 unspecified atom stereocenters. The third-order valence-electron chi connectivity index (χ3n) is 7.68. The second-order valence-electron chi connectivity index (χ2n) is 11.5. The molecule has 0 radical (unpaired) electrons. The third-order valence-corrected chi connectivity index (χ3v) is 11.2. The zero-order valence-corrected chi connectivity index (χ0v) is 23.9. The summed E-state index contributed by atoms with van der Waals surface area (Å²) >= 11 is 1.23. The van der Waals surface area contributed by atoms with E-state index >= 15 is 0 Å². The van der Waals surface area contributed by atoms with Gasteiger partial charge in [-0.3, -0.25) is 9.48 Å². The first-order valence-electron chi connectivity index (χ1n) is 13.0. The van der Waals surface area contributed by atoms with Crippen LogP contribution in [0.2, 0.25) is 0 Å². The third kappa shape index (κ3) is 5.63. The Labute approximate surface area is 223 Å². The molecule has 0 spiro atoms. The van der Waals surface area contributed by atoms with Gasteiger partial charge in [0.25, 0.3) is 10.0 Å². The number of nitrogens with zero attached hydrogens (tertiary/aromatic N) is 4. The molecule has 1 N–H and O–H groups in total. The number of carboxylic acids is 1. The van der Waals surface area contributed by atoms with Crippen molar-refractivity contribution in [3.05, 3.63) is 28.1 Å². The summed E-state index contributed by atoms with van der Waals surface area (Å²) in [5.74, 6) is -0.629. The molecule has 1 saturated carbocycles. The number of aromatic carboxylic acids is 1. The number of carbonyl (C=O) groups is 2. The Morgan fingerprint density at radius 2 is 1.73 bits per heavy atom. The summed E-state index contributed by atoms with van der Waals surface area (Å²) in [5.41, 5.74) is 0.196. The van der Waals surface area contributed by atoms with Crippen LogP contribution in [0.5, 0.6) is 0 Å². The van der Waals surface area contributed by atoms with E-state index in [0.717, 1.165) is 30.6 Å². The van der Waals surface area contributed by atoms with Crippen LogP contribution in [0.1, 0.15) is 80.8 Å². The number of aromatic nitrogens is 2. The van der Waals surface area contributed by atoms with E-state index in [2.05, 4.69) is 12.0 Å². The number of thiophene rings is 1. The Morgan fingerprint density at radius 3 is 2.24 bits per heavy atom. The van der Waals surface area contributed by atoms with Crippen LogP contribution in [0.25, 0.3) is 0 Å². The van der Waals surface area contributed by atoms with Crippen molar-refractivity contribution >= 4 is 38.9 Å². The summed E-state index contributed by atoms with van der Waals surface area (Å²) in [7, 11) is -2.11. The standard InChI is InChI=1S/C26H38N4O5S2/c1-17-6-8-18(9-7-17)24(31)30(20-16-21(26(2,3)4)36-23(20)25(32)33)19-11-14-29(15-12-19)37(34,35)22-10-13-27-28(22)5/h10,13,16-19H,6-9,11-12,14-15H2,1-5H3,(H,32,33)/t17-,18-. The number of piperidine rings is 1. The van der Waals surface area contributed by atoms with Crippen molar-refractivity contribution < 1.29 is 23.1 Å². The number of rotatable bonds is 6. The number of hydrogen-bond acceptors (Lipinski definition) is 6. The van der Waals surface area contributed by atoms with Gasteiger partial charge in [0.2, 0.25) is 5.91 Å². The summed E-state index contributed by atoms with van der Waals surface area (Å²) in [6, 6.07) is 3.08. The van der Waals surface area contributed by atoms with Crippen molar-refractivity contribution in [2.45, 2.75) is 82.7 Å². The van der Waals surface area contributed by atoms with Crippen molar-refractivity contribution in [2.24, 2.45) is 18.9 Å². The number of sulfonamides is 1. The van der Waals surface area contributed by atoms with Gasteiger partial charge in [0.1, 0.15) is 4.88 Å². The topological polar surface area (TPSA) is 113 Å². The van der Waals surface area contributed by atoms with Gasteiger partial charge >= 0.3 is 5.97 Å². The molecule has 1 saturated heterocycles. The number of amides is 1. The molecule has 1 amide bonds. The predicted octanol–water partition coefficient (Wildman–Crippen LogP) is 4.49. The van der Waals surface area contributed by atoms with Crippen molar-refractivity contribution in [3.63, 3.8) is 0 Å². The average molecular weight is 551 g/mol. The molecule has 2 aromatic rings. The highest BCUT2D eigenvalue weighted by atomic mass is 32.2. The van der Waals surface area contributed by atoms with E-state index < -0.39 is 16.0 Å². The van der Waals surface area contributed by atoms with Gasteiger partial charge in [0, 0.05) is 37.0 Å². The van der Waals surface area contributed by atoms with Gasteiger partial charge in [-0.25, -0.2) is 13.2 Å². The number of anilines is 1. The monoisotopic (exact) mass is 550 g/mol. The van der Waals surface area contributed by atoms with Gasteiger partial charge in [0.05, 0.1) is 11.9 Å². The smallest absolute Gasteiger partial charge is 0.348 e. The first kappa shape index (κ1) is 27.8. The Balaban J connectivity index is 1.66. The average Bonchev–Trinajstić information content (AvgIpc) is 3.47. The lowest BCUT2D eigenvalue weighted by Gasteiger charge is -2.40. The molecule has 0 atom stereocenters. The minimum Gasteiger partial charge on any atom is -0.477 e. The lowest BCUT2D eigenvalue weighted by atomic mass is 9.82. The van der Waals surface area contributed by atoms with Gasteiger partial charge in [-0.05, 0) is 62.0 Å². The van der Waals surface area contributed by atoms with E-state index in [0.29, 0.717) is 24.4 Å². The number of carbonyl (C=O) groups excluding carboxylic acids is 1. The Hall–Kier alpha value is -2.24. The predicted molar refractivity (Wildman–Crippen MR) is 144 cm³/mol. The summed E-state index contributed by atoms with van der Waals surface area (Å²) < 4.78 is 29.2. The van der Waals surface area contributed by atoms with Crippen LogP contribution in [-0.2, 0) is 27.3 Å². The summed E-state index contributed by atoms with van der Waals surface area (Å²) in [4.78, 5) is 29.2. The molecular formula is C26H38N4O5S2. The van der Waals surface area contributed by atoms with Crippen molar-refractivity contribution in [1.29, 1.82) is 0 Å². The molecule has 9 nitrogen and oxygen atoms in total. The van der Waals surface area contributed by atoms with E-state index in [1.165, 1.54) is 32.6 Å². The second kappa shape index (κ2) is 10.5. The van der Waals surface area contributed by atoms with E-state index in [1.54, 1.807) is 11.9 Å². The largest absolute Gasteiger partial charge is 0.477 e. The molecule has 204 valence electrons. The van der Waals surface area contributed by atoms with Crippen LogP contribution >= 0.6 is 11.3 Å². The summed E-state index contributed by atoms with van der Waals surface area (Å²) in [5, 5.41) is 14.2. The van der Waals surface area contributed by atoms with Gasteiger partial charge in [-0.2, -0.15) is 9.40 Å². The Kier molecular flexibility index (Phi) is 7.88. The second-order valence-corrected chi connectivity index (χ2v) is 14.4. The fraction of sp³-hybridized carbons (Fsp3) is 0.654.